The monoisotopic (exact) mass is 467 g/mol. The van der Waals surface area contributed by atoms with Gasteiger partial charge in [0.25, 0.3) is 0 Å². The maximum atomic E-state index is 14.5. The summed E-state index contributed by atoms with van der Waals surface area (Å²) in [6.07, 6.45) is 1.06. The van der Waals surface area contributed by atoms with Crippen LogP contribution in [0.4, 0.5) is 10.1 Å². The molecule has 0 saturated carbocycles. The van der Waals surface area contributed by atoms with Crippen LogP contribution in [0, 0.1) is 5.82 Å². The van der Waals surface area contributed by atoms with Gasteiger partial charge in [0, 0.05) is 41.9 Å². The first-order chi connectivity index (χ1) is 14.3. The highest BCUT2D eigenvalue weighted by Crippen LogP contribution is 2.31. The van der Waals surface area contributed by atoms with E-state index in [9.17, 15) is 13.7 Å². The van der Waals surface area contributed by atoms with Crippen molar-refractivity contribution < 1.29 is 18.2 Å². The molecule has 10 heteroatoms. The molecular weight excluding hydrogens is 449 g/mol. The first-order valence-corrected chi connectivity index (χ1v) is 11.5. The predicted octanol–water partition coefficient (Wildman–Crippen LogP) is 4.46. The van der Waals surface area contributed by atoms with Crippen LogP contribution in [-0.2, 0) is 11.4 Å². The lowest BCUT2D eigenvalue weighted by molar-refractivity contribution is 0.0956. The van der Waals surface area contributed by atoms with Gasteiger partial charge >= 0.3 is 5.91 Å². The molecule has 2 heterocycles. The Morgan fingerprint density at radius 1 is 1.30 bits per heavy atom. The van der Waals surface area contributed by atoms with E-state index in [0.29, 0.717) is 0 Å². The highest BCUT2D eigenvalue weighted by atomic mass is 35.5. The summed E-state index contributed by atoms with van der Waals surface area (Å²) in [5, 5.41) is 0.476. The minimum Gasteiger partial charge on any atom is -0.588 e. The molecule has 0 spiro atoms. The second-order valence-electron chi connectivity index (χ2n) is 6.99. The number of amides is 1. The second-order valence-corrected chi connectivity index (χ2v) is 9.96. The Morgan fingerprint density at radius 3 is 2.73 bits per heavy atom. The maximum absolute atomic E-state index is 14.5. The molecule has 3 aromatic rings. The topological polar surface area (TPSA) is 71.8 Å². The molecule has 1 saturated heterocycles. The third kappa shape index (κ3) is 4.40. The molecule has 30 heavy (non-hydrogen) atoms. The van der Waals surface area contributed by atoms with Gasteiger partial charge in [-0.25, -0.2) is 4.39 Å². The molecule has 1 aliphatic rings. The van der Waals surface area contributed by atoms with Gasteiger partial charge in [0.1, 0.15) is 22.8 Å². The van der Waals surface area contributed by atoms with Gasteiger partial charge in [-0.3, -0.25) is 9.10 Å². The number of carbonyl (C=O) groups is 1. The van der Waals surface area contributed by atoms with Gasteiger partial charge in [-0.05, 0) is 50.7 Å². The van der Waals surface area contributed by atoms with Crippen LogP contribution < -0.4 is 9.62 Å². The number of nitrogens with one attached hydrogen (secondary N) is 1. The van der Waals surface area contributed by atoms with E-state index in [-0.39, 0.29) is 26.6 Å². The summed E-state index contributed by atoms with van der Waals surface area (Å²) in [5.74, 6) is -1.29. The molecule has 0 bridgehead atoms. The minimum absolute atomic E-state index is 0.118. The van der Waals surface area contributed by atoms with Crippen molar-refractivity contribution in [2.24, 2.45) is 0 Å². The fourth-order valence-corrected chi connectivity index (χ4v) is 5.02. The van der Waals surface area contributed by atoms with E-state index in [1.54, 1.807) is 24.3 Å². The molecular formula is C20H19ClFN3O3S2. The predicted molar refractivity (Wildman–Crippen MR) is 118 cm³/mol. The van der Waals surface area contributed by atoms with Crippen molar-refractivity contribution in [2.75, 3.05) is 32.1 Å². The summed E-state index contributed by atoms with van der Waals surface area (Å²) in [6, 6.07) is 9.54. The van der Waals surface area contributed by atoms with Crippen molar-refractivity contribution >= 4 is 57.5 Å². The van der Waals surface area contributed by atoms with Crippen molar-refractivity contribution in [3.63, 3.8) is 0 Å². The van der Waals surface area contributed by atoms with E-state index < -0.39 is 23.1 Å². The number of fused-ring (bicyclic) bond motifs is 1. The Balaban J connectivity index is 1.55. The smallest absolute Gasteiger partial charge is 0.328 e. The summed E-state index contributed by atoms with van der Waals surface area (Å²) in [6.45, 7) is 1.73. The van der Waals surface area contributed by atoms with Crippen LogP contribution in [0.5, 0.6) is 0 Å². The molecule has 1 aliphatic heterocycles. The summed E-state index contributed by atoms with van der Waals surface area (Å²) in [4.78, 5) is 15.7. The van der Waals surface area contributed by atoms with Crippen molar-refractivity contribution in [3.8, 4) is 0 Å². The van der Waals surface area contributed by atoms with Gasteiger partial charge in [-0.15, -0.1) is 0 Å². The average molecular weight is 468 g/mol. The molecule has 1 fully saturated rings. The lowest BCUT2D eigenvalue weighted by Gasteiger charge is -2.33. The van der Waals surface area contributed by atoms with E-state index in [0.717, 1.165) is 30.1 Å². The van der Waals surface area contributed by atoms with Crippen molar-refractivity contribution in [1.82, 2.24) is 9.03 Å². The van der Waals surface area contributed by atoms with Crippen LogP contribution in [0.1, 0.15) is 17.0 Å². The molecule has 1 aromatic heterocycles. The summed E-state index contributed by atoms with van der Waals surface area (Å²) >= 11 is 5.69. The van der Waals surface area contributed by atoms with Crippen LogP contribution in [-0.4, -0.2) is 42.0 Å². The largest absolute Gasteiger partial charge is 0.588 e. The SMILES string of the molecule is CN(C)Sc1ccc(Cl)c([S+]([O-])NC(=O)c2cc3c(F)cc(N4CCC4)cc3o2)c1. The van der Waals surface area contributed by atoms with Crippen molar-refractivity contribution in [2.45, 2.75) is 16.2 Å². The number of hydrogen-bond donors (Lipinski definition) is 1. The number of carbonyl (C=O) groups excluding carboxylic acids is 1. The van der Waals surface area contributed by atoms with Crippen molar-refractivity contribution in [1.29, 1.82) is 0 Å². The molecule has 0 aliphatic carbocycles. The second kappa shape index (κ2) is 8.68. The van der Waals surface area contributed by atoms with Gasteiger partial charge in [0.2, 0.25) is 0 Å². The normalized spacial score (nSPS) is 14.8. The summed E-state index contributed by atoms with van der Waals surface area (Å²) < 4.78 is 37.0. The molecule has 1 atom stereocenters. The van der Waals surface area contributed by atoms with Gasteiger partial charge in [0.05, 0.1) is 10.4 Å². The Hall–Kier alpha value is -1.91. The third-order valence-corrected chi connectivity index (χ3v) is 6.97. The van der Waals surface area contributed by atoms with Gasteiger partial charge in [0.15, 0.2) is 10.7 Å². The molecule has 2 aromatic carbocycles. The number of nitrogens with zero attached hydrogens (tertiary/aromatic N) is 2. The van der Waals surface area contributed by atoms with Gasteiger partial charge in [-0.1, -0.05) is 11.6 Å². The molecule has 1 amide bonds. The summed E-state index contributed by atoms with van der Waals surface area (Å²) in [5.41, 5.74) is 0.994. The lowest BCUT2D eigenvalue weighted by Crippen LogP contribution is -2.36. The van der Waals surface area contributed by atoms with E-state index in [4.69, 9.17) is 16.0 Å². The molecule has 1 N–H and O–H groups in total. The molecule has 1 unspecified atom stereocenters. The van der Waals surface area contributed by atoms with E-state index in [1.807, 2.05) is 23.3 Å². The number of rotatable bonds is 6. The highest BCUT2D eigenvalue weighted by Gasteiger charge is 2.25. The molecule has 4 rings (SSSR count). The zero-order valence-electron chi connectivity index (χ0n) is 16.3. The fraction of sp³-hybridized carbons (Fsp3) is 0.250. The maximum Gasteiger partial charge on any atom is 0.328 e. The standard InChI is InChI=1S/C20H19ClFN3O3S2/c1-24(2)29-13-4-5-15(21)19(10-13)30(27)23-20(26)18-11-14-16(22)8-12(9-17(14)28-18)25-6-3-7-25/h4-5,8-11H,3,6-7H2,1-2H3,(H,23,26). The van der Waals surface area contributed by atoms with Gasteiger partial charge < -0.3 is 13.9 Å². The van der Waals surface area contributed by atoms with Crippen LogP contribution >= 0.6 is 23.5 Å². The fourth-order valence-electron chi connectivity index (χ4n) is 3.03. The first-order valence-electron chi connectivity index (χ1n) is 9.17. The van der Waals surface area contributed by atoms with Crippen LogP contribution in [0.15, 0.2) is 50.6 Å². The molecule has 0 radical (unpaired) electrons. The van der Waals surface area contributed by atoms with E-state index in [2.05, 4.69) is 4.72 Å². The quantitative estimate of drug-likeness (QED) is 0.426. The van der Waals surface area contributed by atoms with Gasteiger partial charge in [-0.2, -0.15) is 4.72 Å². The number of anilines is 1. The van der Waals surface area contributed by atoms with E-state index >= 15 is 0 Å². The Morgan fingerprint density at radius 2 is 2.07 bits per heavy atom. The van der Waals surface area contributed by atoms with Crippen molar-refractivity contribution in [3.05, 3.63) is 53.0 Å². The average Bonchev–Trinajstić information content (AvgIpc) is 3.06. The highest BCUT2D eigenvalue weighted by molar-refractivity contribution is 7.97. The Labute approximate surface area is 185 Å². The zero-order chi connectivity index (χ0) is 21.4. The number of furan rings is 1. The Kier molecular flexibility index (Phi) is 6.17. The number of halogens is 2. The number of benzene rings is 2. The zero-order valence-corrected chi connectivity index (χ0v) is 18.7. The molecule has 6 nitrogen and oxygen atoms in total. The van der Waals surface area contributed by atoms with E-state index in [1.165, 1.54) is 24.1 Å². The minimum atomic E-state index is -1.91. The number of hydrogen-bond acceptors (Lipinski definition) is 6. The van der Waals surface area contributed by atoms with Crippen LogP contribution in [0.25, 0.3) is 11.0 Å². The Bertz CT molecular complexity index is 1100. The summed E-state index contributed by atoms with van der Waals surface area (Å²) in [7, 11) is 3.76. The molecule has 158 valence electrons. The lowest BCUT2D eigenvalue weighted by atomic mass is 10.1. The van der Waals surface area contributed by atoms with Crippen LogP contribution in [0.3, 0.4) is 0 Å². The van der Waals surface area contributed by atoms with Crippen LogP contribution in [0.2, 0.25) is 5.02 Å². The first kappa shape index (κ1) is 21.3. The third-order valence-electron chi connectivity index (χ3n) is 4.59.